The lowest BCUT2D eigenvalue weighted by Gasteiger charge is -2.28. The molecule has 2 N–H and O–H groups in total. The molecule has 6 nitrogen and oxygen atoms in total. The predicted octanol–water partition coefficient (Wildman–Crippen LogP) is 2.58. The smallest absolute Gasteiger partial charge is 0.338 e. The molecule has 0 saturated heterocycles. The minimum Gasteiger partial charge on any atom is -0.478 e. The second kappa shape index (κ2) is 7.64. The first kappa shape index (κ1) is 17.0. The molecule has 0 saturated carbocycles. The zero-order valence-electron chi connectivity index (χ0n) is 12.8. The fourth-order valence-corrected chi connectivity index (χ4v) is 2.23. The Bertz CT molecular complexity index is 516. The Morgan fingerprint density at radius 1 is 1.43 bits per heavy atom. The zero-order chi connectivity index (χ0) is 16.0. The molecule has 0 fully saturated rings. The fourth-order valence-electron chi connectivity index (χ4n) is 2.23. The molecular formula is C15H22N2O4. The van der Waals surface area contributed by atoms with Crippen LogP contribution in [-0.2, 0) is 4.74 Å². The molecule has 0 radical (unpaired) electrons. The lowest BCUT2D eigenvalue weighted by Crippen LogP contribution is -2.43. The van der Waals surface area contributed by atoms with Gasteiger partial charge in [-0.15, -0.1) is 0 Å². The van der Waals surface area contributed by atoms with Gasteiger partial charge in [-0.05, 0) is 32.4 Å². The van der Waals surface area contributed by atoms with Gasteiger partial charge >= 0.3 is 12.0 Å². The van der Waals surface area contributed by atoms with Crippen LogP contribution in [0.5, 0.6) is 0 Å². The number of anilines is 1. The van der Waals surface area contributed by atoms with Crippen LogP contribution in [0.1, 0.15) is 29.8 Å². The van der Waals surface area contributed by atoms with Crippen LogP contribution >= 0.6 is 0 Å². The molecule has 6 heteroatoms. The Balaban J connectivity index is 2.97. The molecule has 0 aliphatic heterocycles. The summed E-state index contributed by atoms with van der Waals surface area (Å²) in [5.41, 5.74) is 1.02. The van der Waals surface area contributed by atoms with Crippen LogP contribution < -0.4 is 5.32 Å². The molecule has 1 rings (SSSR count). The number of carbonyl (C=O) groups excluding carboxylic acids is 1. The van der Waals surface area contributed by atoms with Gasteiger partial charge in [0, 0.05) is 13.7 Å². The summed E-state index contributed by atoms with van der Waals surface area (Å²) in [6.07, 6.45) is 0. The summed E-state index contributed by atoms with van der Waals surface area (Å²) in [5.74, 6) is -1.06. The summed E-state index contributed by atoms with van der Waals surface area (Å²) in [6, 6.07) is 4.56. The van der Waals surface area contributed by atoms with Gasteiger partial charge in [0.2, 0.25) is 0 Å². The van der Waals surface area contributed by atoms with E-state index in [9.17, 15) is 14.7 Å². The van der Waals surface area contributed by atoms with Crippen molar-refractivity contribution in [2.75, 3.05) is 25.6 Å². The Hall–Kier alpha value is -2.08. The SMILES string of the molecule is CCN(C(=O)Nc1cccc(C)c1C(=O)O)C(C)COC. The van der Waals surface area contributed by atoms with Gasteiger partial charge in [-0.2, -0.15) is 0 Å². The molecule has 1 unspecified atom stereocenters. The van der Waals surface area contributed by atoms with Gasteiger partial charge in [0.25, 0.3) is 0 Å². The van der Waals surface area contributed by atoms with Gasteiger partial charge in [-0.25, -0.2) is 9.59 Å². The van der Waals surface area contributed by atoms with E-state index in [0.29, 0.717) is 24.4 Å². The maximum atomic E-state index is 12.3. The molecule has 0 aliphatic carbocycles. The third kappa shape index (κ3) is 4.19. The van der Waals surface area contributed by atoms with Crippen molar-refractivity contribution in [2.24, 2.45) is 0 Å². The van der Waals surface area contributed by atoms with Crippen LogP contribution in [0.2, 0.25) is 0 Å². The van der Waals surface area contributed by atoms with Gasteiger partial charge in [-0.3, -0.25) is 0 Å². The number of hydrogen-bond donors (Lipinski definition) is 2. The number of carboxylic acid groups (broad SMARTS) is 1. The number of methoxy groups -OCH3 is 1. The number of benzene rings is 1. The number of aromatic carboxylic acids is 1. The number of aryl methyl sites for hydroxylation is 1. The van der Waals surface area contributed by atoms with Crippen molar-refractivity contribution in [3.8, 4) is 0 Å². The molecule has 2 amide bonds. The summed E-state index contributed by atoms with van der Waals surface area (Å²) in [7, 11) is 1.57. The third-order valence-corrected chi connectivity index (χ3v) is 3.27. The first-order valence-corrected chi connectivity index (χ1v) is 6.81. The largest absolute Gasteiger partial charge is 0.478 e. The molecule has 0 bridgehead atoms. The molecule has 0 heterocycles. The Morgan fingerprint density at radius 2 is 2.10 bits per heavy atom. The van der Waals surface area contributed by atoms with Crippen molar-refractivity contribution in [1.29, 1.82) is 0 Å². The van der Waals surface area contributed by atoms with Crippen molar-refractivity contribution in [2.45, 2.75) is 26.8 Å². The normalized spacial score (nSPS) is 11.8. The molecule has 1 aromatic rings. The topological polar surface area (TPSA) is 78.9 Å². The zero-order valence-corrected chi connectivity index (χ0v) is 12.8. The minimum absolute atomic E-state index is 0.0990. The van der Waals surface area contributed by atoms with Crippen LogP contribution in [0.25, 0.3) is 0 Å². The molecule has 0 spiro atoms. The number of hydrogen-bond acceptors (Lipinski definition) is 3. The summed E-state index contributed by atoms with van der Waals surface area (Å²) in [6.45, 7) is 6.36. The van der Waals surface area contributed by atoms with Crippen LogP contribution in [0.3, 0.4) is 0 Å². The number of likely N-dealkylation sites (N-methyl/N-ethyl adjacent to an activating group) is 1. The van der Waals surface area contributed by atoms with Gasteiger partial charge in [0.15, 0.2) is 0 Å². The number of nitrogens with one attached hydrogen (secondary N) is 1. The lowest BCUT2D eigenvalue weighted by atomic mass is 10.1. The molecule has 1 aromatic carbocycles. The van der Waals surface area contributed by atoms with E-state index in [4.69, 9.17) is 4.74 Å². The third-order valence-electron chi connectivity index (χ3n) is 3.27. The number of carbonyl (C=O) groups is 2. The molecule has 1 atom stereocenters. The summed E-state index contributed by atoms with van der Waals surface area (Å²) in [4.78, 5) is 25.2. The number of carboxylic acids is 1. The molecule has 0 aromatic heterocycles. The van der Waals surface area contributed by atoms with Crippen molar-refractivity contribution in [1.82, 2.24) is 4.90 Å². The Kier molecular flexibility index (Phi) is 6.17. The van der Waals surface area contributed by atoms with Gasteiger partial charge in [0.05, 0.1) is 23.9 Å². The van der Waals surface area contributed by atoms with Gasteiger partial charge < -0.3 is 20.1 Å². The van der Waals surface area contributed by atoms with Crippen LogP contribution in [0.4, 0.5) is 10.5 Å². The maximum absolute atomic E-state index is 12.3. The van der Waals surface area contributed by atoms with E-state index in [1.54, 1.807) is 37.1 Å². The van der Waals surface area contributed by atoms with E-state index in [1.807, 2.05) is 13.8 Å². The summed E-state index contributed by atoms with van der Waals surface area (Å²) < 4.78 is 5.05. The van der Waals surface area contributed by atoms with Crippen molar-refractivity contribution >= 4 is 17.7 Å². The van der Waals surface area contributed by atoms with Crippen molar-refractivity contribution in [3.63, 3.8) is 0 Å². The van der Waals surface area contributed by atoms with Gasteiger partial charge in [-0.1, -0.05) is 12.1 Å². The summed E-state index contributed by atoms with van der Waals surface area (Å²) in [5, 5.41) is 11.9. The van der Waals surface area contributed by atoms with Crippen LogP contribution in [0, 0.1) is 6.92 Å². The van der Waals surface area contributed by atoms with E-state index in [1.165, 1.54) is 0 Å². The first-order valence-electron chi connectivity index (χ1n) is 6.81. The Labute approximate surface area is 124 Å². The van der Waals surface area contributed by atoms with Crippen LogP contribution in [0.15, 0.2) is 18.2 Å². The number of amides is 2. The lowest BCUT2D eigenvalue weighted by molar-refractivity contribution is 0.0697. The quantitative estimate of drug-likeness (QED) is 0.845. The van der Waals surface area contributed by atoms with Crippen molar-refractivity contribution in [3.05, 3.63) is 29.3 Å². The number of rotatable bonds is 6. The first-order chi connectivity index (χ1) is 9.92. The minimum atomic E-state index is -1.06. The second-order valence-electron chi connectivity index (χ2n) is 4.82. The van der Waals surface area contributed by atoms with E-state index in [2.05, 4.69) is 5.32 Å². The highest BCUT2D eigenvalue weighted by Gasteiger charge is 2.21. The average Bonchev–Trinajstić information content (AvgIpc) is 2.39. The molecular weight excluding hydrogens is 272 g/mol. The van der Waals surface area contributed by atoms with E-state index in [-0.39, 0.29) is 17.6 Å². The average molecular weight is 294 g/mol. The standard InChI is InChI=1S/C15H22N2O4/c1-5-17(11(3)9-21-4)15(20)16-12-8-6-7-10(2)13(12)14(18)19/h6-8,11H,5,9H2,1-4H3,(H,16,20)(H,18,19). The van der Waals surface area contributed by atoms with Crippen LogP contribution in [-0.4, -0.2) is 48.3 Å². The summed E-state index contributed by atoms with van der Waals surface area (Å²) >= 11 is 0. The van der Waals surface area contributed by atoms with E-state index >= 15 is 0 Å². The van der Waals surface area contributed by atoms with E-state index in [0.717, 1.165) is 0 Å². The predicted molar refractivity (Wildman–Crippen MR) is 80.9 cm³/mol. The van der Waals surface area contributed by atoms with Gasteiger partial charge in [0.1, 0.15) is 0 Å². The second-order valence-corrected chi connectivity index (χ2v) is 4.82. The monoisotopic (exact) mass is 294 g/mol. The van der Waals surface area contributed by atoms with Crippen molar-refractivity contribution < 1.29 is 19.4 Å². The highest BCUT2D eigenvalue weighted by Crippen LogP contribution is 2.20. The number of urea groups is 1. The highest BCUT2D eigenvalue weighted by atomic mass is 16.5. The number of ether oxygens (including phenoxy) is 1. The maximum Gasteiger partial charge on any atom is 0.338 e. The molecule has 21 heavy (non-hydrogen) atoms. The molecule has 0 aliphatic rings. The highest BCUT2D eigenvalue weighted by molar-refractivity contribution is 6.01. The Morgan fingerprint density at radius 3 is 2.62 bits per heavy atom. The van der Waals surface area contributed by atoms with E-state index < -0.39 is 5.97 Å². The number of nitrogens with zero attached hydrogens (tertiary/aromatic N) is 1. The fraction of sp³-hybridized carbons (Fsp3) is 0.467. The molecule has 116 valence electrons.